The Morgan fingerprint density at radius 2 is 2.50 bits per heavy atom. The van der Waals surface area contributed by atoms with Gasteiger partial charge in [-0.2, -0.15) is 5.10 Å². The summed E-state index contributed by atoms with van der Waals surface area (Å²) in [6.07, 6.45) is 5.40. The molecule has 0 saturated carbocycles. The van der Waals surface area contributed by atoms with Gasteiger partial charge < -0.3 is 5.32 Å². The van der Waals surface area contributed by atoms with E-state index >= 15 is 0 Å². The zero-order chi connectivity index (χ0) is 6.97. The summed E-state index contributed by atoms with van der Waals surface area (Å²) in [5.74, 6) is 0.891. The lowest BCUT2D eigenvalue weighted by molar-refractivity contribution is 1.09. The molecule has 10 heavy (non-hydrogen) atoms. The lowest BCUT2D eigenvalue weighted by atomic mass is 10.2. The largest absolute Gasteiger partial charge is 0.347 e. The summed E-state index contributed by atoms with van der Waals surface area (Å²) in [6, 6.07) is 0. The molecule has 1 aromatic rings. The number of aromatic nitrogens is 2. The molecule has 1 aliphatic heterocycles. The maximum atomic E-state index is 5.90. The number of anilines is 1. The number of aromatic amines is 1. The second-order valence-electron chi connectivity index (χ2n) is 2.11. The first-order valence-corrected chi connectivity index (χ1v) is 3.42. The highest BCUT2D eigenvalue weighted by Crippen LogP contribution is 2.29. The van der Waals surface area contributed by atoms with Crippen LogP contribution in [0.25, 0.3) is 0 Å². The molecule has 1 unspecified atom stereocenters. The lowest BCUT2D eigenvalue weighted by Crippen LogP contribution is -1.99. The summed E-state index contributed by atoms with van der Waals surface area (Å²) >= 11 is 5.90. The van der Waals surface area contributed by atoms with Crippen LogP contribution in [-0.4, -0.2) is 10.2 Å². The molecule has 0 radical (unpaired) electrons. The number of allylic oxidation sites excluding steroid dienone is 1. The van der Waals surface area contributed by atoms with E-state index in [-0.39, 0.29) is 5.38 Å². The van der Waals surface area contributed by atoms with Crippen LogP contribution in [0.5, 0.6) is 0 Å². The zero-order valence-corrected chi connectivity index (χ0v) is 5.89. The first-order chi connectivity index (χ1) is 4.88. The number of nitrogens with zero attached hydrogens (tertiary/aromatic N) is 1. The molecule has 0 aliphatic carbocycles. The molecule has 1 atom stereocenters. The third-order valence-electron chi connectivity index (χ3n) is 1.46. The molecule has 2 heterocycles. The monoisotopic (exact) mass is 155 g/mol. The highest BCUT2D eigenvalue weighted by Gasteiger charge is 2.14. The fourth-order valence-corrected chi connectivity index (χ4v) is 1.18. The standard InChI is InChI=1S/C6H6ClN3/c7-5-1-2-8-6-4(5)3-9-10-6/h1-3,5H,(H2,8,9,10). The average Bonchev–Trinajstić information content (AvgIpc) is 2.36. The van der Waals surface area contributed by atoms with Gasteiger partial charge in [-0.1, -0.05) is 0 Å². The minimum Gasteiger partial charge on any atom is -0.347 e. The van der Waals surface area contributed by atoms with E-state index in [1.54, 1.807) is 12.4 Å². The van der Waals surface area contributed by atoms with Gasteiger partial charge in [0.1, 0.15) is 5.82 Å². The SMILES string of the molecule is ClC1C=CNc2[nH]ncc21. The predicted octanol–water partition coefficient (Wildman–Crippen LogP) is 1.63. The van der Waals surface area contributed by atoms with Gasteiger partial charge in [0.2, 0.25) is 0 Å². The number of nitrogens with one attached hydrogen (secondary N) is 2. The summed E-state index contributed by atoms with van der Waals surface area (Å²) in [5, 5.41) is 9.58. The van der Waals surface area contributed by atoms with Crippen molar-refractivity contribution in [3.8, 4) is 0 Å². The molecular formula is C6H6ClN3. The fourth-order valence-electron chi connectivity index (χ4n) is 0.940. The van der Waals surface area contributed by atoms with Crippen molar-refractivity contribution < 1.29 is 0 Å². The lowest BCUT2D eigenvalue weighted by Gasteiger charge is -2.09. The molecule has 3 nitrogen and oxygen atoms in total. The Bertz CT molecular complexity index is 266. The third kappa shape index (κ3) is 0.708. The predicted molar refractivity (Wildman–Crippen MR) is 39.9 cm³/mol. The van der Waals surface area contributed by atoms with Crippen LogP contribution in [-0.2, 0) is 0 Å². The van der Waals surface area contributed by atoms with Crippen molar-refractivity contribution in [1.29, 1.82) is 0 Å². The highest BCUT2D eigenvalue weighted by molar-refractivity contribution is 6.22. The van der Waals surface area contributed by atoms with Gasteiger partial charge in [-0.25, -0.2) is 0 Å². The molecule has 1 aromatic heterocycles. The van der Waals surface area contributed by atoms with Crippen molar-refractivity contribution in [2.24, 2.45) is 0 Å². The number of hydrogen-bond acceptors (Lipinski definition) is 2. The van der Waals surface area contributed by atoms with Crippen LogP contribution < -0.4 is 5.32 Å². The molecule has 0 aromatic carbocycles. The van der Waals surface area contributed by atoms with Crippen LogP contribution in [0.15, 0.2) is 18.5 Å². The van der Waals surface area contributed by atoms with Gasteiger partial charge in [0, 0.05) is 11.8 Å². The van der Waals surface area contributed by atoms with E-state index in [9.17, 15) is 0 Å². The number of halogens is 1. The summed E-state index contributed by atoms with van der Waals surface area (Å²) in [4.78, 5) is 0. The van der Waals surface area contributed by atoms with E-state index in [1.807, 2.05) is 6.08 Å². The molecular weight excluding hydrogens is 150 g/mol. The minimum absolute atomic E-state index is 0.0463. The number of H-pyrrole nitrogens is 1. The van der Waals surface area contributed by atoms with E-state index in [1.165, 1.54) is 0 Å². The molecule has 0 saturated heterocycles. The Kier molecular flexibility index (Phi) is 1.17. The van der Waals surface area contributed by atoms with Crippen LogP contribution in [0.2, 0.25) is 0 Å². The van der Waals surface area contributed by atoms with Gasteiger partial charge in [0.25, 0.3) is 0 Å². The van der Waals surface area contributed by atoms with Gasteiger partial charge in [0.05, 0.1) is 11.6 Å². The molecule has 0 fully saturated rings. The van der Waals surface area contributed by atoms with Gasteiger partial charge in [-0.05, 0) is 6.08 Å². The molecule has 0 bridgehead atoms. The zero-order valence-electron chi connectivity index (χ0n) is 5.13. The molecule has 1 aliphatic rings. The molecule has 0 amide bonds. The first-order valence-electron chi connectivity index (χ1n) is 2.98. The van der Waals surface area contributed by atoms with E-state index in [0.717, 1.165) is 11.4 Å². The van der Waals surface area contributed by atoms with Gasteiger partial charge in [-0.3, -0.25) is 5.10 Å². The van der Waals surface area contributed by atoms with Crippen molar-refractivity contribution in [3.63, 3.8) is 0 Å². The minimum atomic E-state index is -0.0463. The summed E-state index contributed by atoms with van der Waals surface area (Å²) in [6.45, 7) is 0. The smallest absolute Gasteiger partial charge is 0.130 e. The van der Waals surface area contributed by atoms with E-state index in [4.69, 9.17) is 11.6 Å². The Morgan fingerprint density at radius 3 is 3.30 bits per heavy atom. The summed E-state index contributed by atoms with van der Waals surface area (Å²) < 4.78 is 0. The Labute approximate surface area is 63.1 Å². The molecule has 0 spiro atoms. The van der Waals surface area contributed by atoms with Crippen molar-refractivity contribution in [2.75, 3.05) is 5.32 Å². The second kappa shape index (κ2) is 2.02. The molecule has 2 rings (SSSR count). The summed E-state index contributed by atoms with van der Waals surface area (Å²) in [7, 11) is 0. The van der Waals surface area contributed by atoms with Crippen molar-refractivity contribution >= 4 is 17.4 Å². The topological polar surface area (TPSA) is 40.7 Å². The molecule has 2 N–H and O–H groups in total. The summed E-state index contributed by atoms with van der Waals surface area (Å²) in [5.41, 5.74) is 1.00. The third-order valence-corrected chi connectivity index (χ3v) is 1.84. The van der Waals surface area contributed by atoms with E-state index < -0.39 is 0 Å². The Hall–Kier alpha value is -0.960. The second-order valence-corrected chi connectivity index (χ2v) is 2.58. The number of hydrogen-bond donors (Lipinski definition) is 2. The van der Waals surface area contributed by atoms with Gasteiger partial charge >= 0.3 is 0 Å². The van der Waals surface area contributed by atoms with E-state index in [0.29, 0.717) is 0 Å². The van der Waals surface area contributed by atoms with Crippen LogP contribution >= 0.6 is 11.6 Å². The van der Waals surface area contributed by atoms with Crippen LogP contribution in [0, 0.1) is 0 Å². The first kappa shape index (κ1) is 5.80. The highest BCUT2D eigenvalue weighted by atomic mass is 35.5. The maximum Gasteiger partial charge on any atom is 0.130 e. The Balaban J connectivity index is 2.48. The van der Waals surface area contributed by atoms with Gasteiger partial charge in [-0.15, -0.1) is 11.6 Å². The van der Waals surface area contributed by atoms with Crippen LogP contribution in [0.3, 0.4) is 0 Å². The van der Waals surface area contributed by atoms with Gasteiger partial charge in [0.15, 0.2) is 0 Å². The Morgan fingerprint density at radius 1 is 1.60 bits per heavy atom. The number of fused-ring (bicyclic) bond motifs is 1. The van der Waals surface area contributed by atoms with Crippen molar-refractivity contribution in [2.45, 2.75) is 5.38 Å². The molecule has 4 heteroatoms. The number of rotatable bonds is 0. The maximum absolute atomic E-state index is 5.90. The van der Waals surface area contributed by atoms with E-state index in [2.05, 4.69) is 15.5 Å². The quantitative estimate of drug-likeness (QED) is 0.559. The average molecular weight is 156 g/mol. The van der Waals surface area contributed by atoms with Crippen LogP contribution in [0.4, 0.5) is 5.82 Å². The van der Waals surface area contributed by atoms with Crippen molar-refractivity contribution in [3.05, 3.63) is 24.0 Å². The number of alkyl halides is 1. The normalized spacial score (nSPS) is 21.9. The fraction of sp³-hybridized carbons (Fsp3) is 0.167. The van der Waals surface area contributed by atoms with Crippen molar-refractivity contribution in [1.82, 2.24) is 10.2 Å². The molecule has 52 valence electrons. The van der Waals surface area contributed by atoms with Crippen LogP contribution in [0.1, 0.15) is 10.9 Å².